The molecule has 0 aliphatic heterocycles. The van der Waals surface area contributed by atoms with Crippen molar-refractivity contribution in [1.29, 1.82) is 0 Å². The van der Waals surface area contributed by atoms with Crippen molar-refractivity contribution in [3.05, 3.63) is 12.2 Å². The first-order valence-corrected chi connectivity index (χ1v) is 4.95. The van der Waals surface area contributed by atoms with Crippen LogP contribution in [-0.2, 0) is 4.79 Å². The Bertz CT molecular complexity index is 193. The molecule has 3 N–H and O–H groups in total. The van der Waals surface area contributed by atoms with Crippen LogP contribution in [0.5, 0.6) is 0 Å². The fourth-order valence-electron chi connectivity index (χ4n) is 1.49. The molecular weight excluding hydrogens is 164 g/mol. The minimum atomic E-state index is -0.328. The van der Waals surface area contributed by atoms with Crippen molar-refractivity contribution in [2.75, 3.05) is 0 Å². The number of nitrogens with one attached hydrogen (secondary N) is 1. The molecule has 3 heteroatoms. The Kier molecular flexibility index (Phi) is 3.96. The average Bonchev–Trinajstić information content (AvgIpc) is 2.57. The minimum Gasteiger partial charge on any atom is -0.351 e. The van der Waals surface area contributed by atoms with Crippen molar-refractivity contribution < 1.29 is 4.79 Å². The fourth-order valence-corrected chi connectivity index (χ4v) is 1.49. The largest absolute Gasteiger partial charge is 0.351 e. The molecule has 0 bridgehead atoms. The molecular formula is C10H18N2O. The molecule has 0 spiro atoms. The van der Waals surface area contributed by atoms with E-state index in [0.29, 0.717) is 0 Å². The Hall–Kier alpha value is -0.830. The summed E-state index contributed by atoms with van der Waals surface area (Å²) in [4.78, 5) is 11.4. The molecule has 0 saturated heterocycles. The fraction of sp³-hybridized carbons (Fsp3) is 0.700. The van der Waals surface area contributed by atoms with Gasteiger partial charge in [0.1, 0.15) is 0 Å². The second-order valence-corrected chi connectivity index (χ2v) is 3.54. The van der Waals surface area contributed by atoms with E-state index < -0.39 is 0 Å². The van der Waals surface area contributed by atoms with Gasteiger partial charge in [0, 0.05) is 6.04 Å². The number of rotatable bonds is 4. The number of carbonyl (C=O) groups excluding carboxylic acids is 1. The van der Waals surface area contributed by atoms with Crippen molar-refractivity contribution in [1.82, 2.24) is 5.32 Å². The van der Waals surface area contributed by atoms with Crippen LogP contribution in [0, 0.1) is 0 Å². The molecule has 0 aromatic heterocycles. The van der Waals surface area contributed by atoms with Crippen LogP contribution in [0.3, 0.4) is 0 Å². The summed E-state index contributed by atoms with van der Waals surface area (Å²) in [6, 6.07) is -0.0407. The van der Waals surface area contributed by atoms with Gasteiger partial charge in [0.25, 0.3) is 0 Å². The second kappa shape index (κ2) is 5.02. The Morgan fingerprint density at radius 3 is 2.77 bits per heavy atom. The van der Waals surface area contributed by atoms with Crippen LogP contribution in [0.2, 0.25) is 0 Å². The van der Waals surface area contributed by atoms with Crippen molar-refractivity contribution in [3.8, 4) is 0 Å². The lowest BCUT2D eigenvalue weighted by Crippen LogP contribution is -2.44. The summed E-state index contributed by atoms with van der Waals surface area (Å²) in [6.07, 6.45) is 7.81. The topological polar surface area (TPSA) is 55.1 Å². The number of nitrogens with two attached hydrogens (primary N) is 1. The van der Waals surface area contributed by atoms with Crippen molar-refractivity contribution in [2.24, 2.45) is 5.73 Å². The van der Waals surface area contributed by atoms with Crippen LogP contribution >= 0.6 is 0 Å². The highest BCUT2D eigenvalue weighted by Gasteiger charge is 2.17. The molecule has 0 aromatic rings. The Morgan fingerprint density at radius 1 is 1.62 bits per heavy atom. The summed E-state index contributed by atoms with van der Waals surface area (Å²) in [5, 5.41) is 2.94. The van der Waals surface area contributed by atoms with Crippen molar-refractivity contribution in [3.63, 3.8) is 0 Å². The smallest absolute Gasteiger partial charge is 0.237 e. The average molecular weight is 182 g/mol. The van der Waals surface area contributed by atoms with E-state index in [0.717, 1.165) is 25.7 Å². The maximum absolute atomic E-state index is 11.4. The molecule has 0 aromatic carbocycles. The molecule has 74 valence electrons. The van der Waals surface area contributed by atoms with Crippen molar-refractivity contribution in [2.45, 2.75) is 44.7 Å². The highest BCUT2D eigenvalue weighted by atomic mass is 16.2. The lowest BCUT2D eigenvalue weighted by atomic mass is 10.1. The van der Waals surface area contributed by atoms with E-state index in [1.807, 2.05) is 6.92 Å². The number of hydrogen-bond acceptors (Lipinski definition) is 2. The SMILES string of the molecule is CCCC(N)C(=O)NC1CC=CC1. The molecule has 1 amide bonds. The van der Waals surface area contributed by atoms with Crippen LogP contribution in [0.1, 0.15) is 32.6 Å². The predicted octanol–water partition coefficient (Wildman–Crippen LogP) is 0.949. The zero-order chi connectivity index (χ0) is 9.68. The zero-order valence-electron chi connectivity index (χ0n) is 8.12. The predicted molar refractivity (Wildman–Crippen MR) is 53.2 cm³/mol. The summed E-state index contributed by atoms with van der Waals surface area (Å²) < 4.78 is 0. The monoisotopic (exact) mass is 182 g/mol. The van der Waals surface area contributed by atoms with E-state index in [1.54, 1.807) is 0 Å². The van der Waals surface area contributed by atoms with E-state index in [9.17, 15) is 4.79 Å². The van der Waals surface area contributed by atoms with E-state index in [2.05, 4.69) is 17.5 Å². The highest BCUT2D eigenvalue weighted by molar-refractivity contribution is 5.81. The molecule has 1 unspecified atom stereocenters. The first-order chi connectivity index (χ1) is 6.24. The van der Waals surface area contributed by atoms with Gasteiger partial charge in [-0.1, -0.05) is 25.5 Å². The molecule has 0 fully saturated rings. The third kappa shape index (κ3) is 3.19. The van der Waals surface area contributed by atoms with Gasteiger partial charge in [-0.25, -0.2) is 0 Å². The third-order valence-corrected chi connectivity index (χ3v) is 2.29. The molecule has 0 heterocycles. The van der Waals surface area contributed by atoms with E-state index >= 15 is 0 Å². The lowest BCUT2D eigenvalue weighted by molar-refractivity contribution is -0.123. The van der Waals surface area contributed by atoms with Gasteiger partial charge >= 0.3 is 0 Å². The van der Waals surface area contributed by atoms with Crippen LogP contribution in [0.4, 0.5) is 0 Å². The standard InChI is InChI=1S/C10H18N2O/c1-2-5-9(11)10(13)12-8-6-3-4-7-8/h3-4,8-9H,2,5-7,11H2,1H3,(H,12,13). The molecule has 3 nitrogen and oxygen atoms in total. The summed E-state index contributed by atoms with van der Waals surface area (Å²) in [6.45, 7) is 2.03. The summed E-state index contributed by atoms with van der Waals surface area (Å²) in [5.74, 6) is -0.00412. The normalized spacial score (nSPS) is 18.9. The maximum atomic E-state index is 11.4. The molecule has 1 aliphatic rings. The number of hydrogen-bond donors (Lipinski definition) is 2. The number of amides is 1. The van der Waals surface area contributed by atoms with Gasteiger partial charge in [-0.05, 0) is 19.3 Å². The first kappa shape index (κ1) is 10.3. The molecule has 1 rings (SSSR count). The van der Waals surface area contributed by atoms with Gasteiger partial charge in [0.05, 0.1) is 6.04 Å². The summed E-state index contributed by atoms with van der Waals surface area (Å²) in [7, 11) is 0. The van der Waals surface area contributed by atoms with Gasteiger partial charge in [-0.15, -0.1) is 0 Å². The summed E-state index contributed by atoms with van der Waals surface area (Å²) >= 11 is 0. The van der Waals surface area contributed by atoms with Gasteiger partial charge < -0.3 is 11.1 Å². The van der Waals surface area contributed by atoms with E-state index in [-0.39, 0.29) is 18.0 Å². The lowest BCUT2D eigenvalue weighted by Gasteiger charge is -2.15. The minimum absolute atomic E-state index is 0.00412. The Balaban J connectivity index is 2.23. The van der Waals surface area contributed by atoms with Crippen LogP contribution in [0.15, 0.2) is 12.2 Å². The molecule has 0 radical (unpaired) electrons. The zero-order valence-corrected chi connectivity index (χ0v) is 8.12. The van der Waals surface area contributed by atoms with Gasteiger partial charge in [0.2, 0.25) is 5.91 Å². The Morgan fingerprint density at radius 2 is 2.23 bits per heavy atom. The maximum Gasteiger partial charge on any atom is 0.237 e. The van der Waals surface area contributed by atoms with E-state index in [1.165, 1.54) is 0 Å². The second-order valence-electron chi connectivity index (χ2n) is 3.54. The van der Waals surface area contributed by atoms with Crippen LogP contribution in [-0.4, -0.2) is 18.0 Å². The molecule has 0 saturated carbocycles. The van der Waals surface area contributed by atoms with E-state index in [4.69, 9.17) is 5.73 Å². The van der Waals surface area contributed by atoms with Gasteiger partial charge in [-0.3, -0.25) is 4.79 Å². The first-order valence-electron chi connectivity index (χ1n) is 4.95. The quantitative estimate of drug-likeness (QED) is 0.636. The highest BCUT2D eigenvalue weighted by Crippen LogP contribution is 2.09. The van der Waals surface area contributed by atoms with Gasteiger partial charge in [-0.2, -0.15) is 0 Å². The Labute approximate surface area is 79.4 Å². The van der Waals surface area contributed by atoms with Gasteiger partial charge in [0.15, 0.2) is 0 Å². The number of carbonyl (C=O) groups is 1. The third-order valence-electron chi connectivity index (χ3n) is 2.29. The van der Waals surface area contributed by atoms with Crippen LogP contribution < -0.4 is 11.1 Å². The summed E-state index contributed by atoms with van der Waals surface area (Å²) in [5.41, 5.74) is 5.67. The molecule has 1 atom stereocenters. The molecule has 13 heavy (non-hydrogen) atoms. The molecule has 1 aliphatic carbocycles. The van der Waals surface area contributed by atoms with Crippen molar-refractivity contribution >= 4 is 5.91 Å². The van der Waals surface area contributed by atoms with Crippen LogP contribution in [0.25, 0.3) is 0 Å².